The van der Waals surface area contributed by atoms with Crippen LogP contribution in [0.25, 0.3) is 5.69 Å². The SMILES string of the molecule is CC.CCN1C(=O)C(NC(=O)c2cccc(C)c2)C(c2ccc(F)cc2)c2c(C)nn(-c3ccccc3)c21. The van der Waals surface area contributed by atoms with E-state index in [-0.39, 0.29) is 17.6 Å². The number of fused-ring (bicyclic) bond motifs is 1. The van der Waals surface area contributed by atoms with E-state index >= 15 is 0 Å². The topological polar surface area (TPSA) is 67.2 Å². The fraction of sp³-hybridized carbons (Fsp3) is 0.258. The van der Waals surface area contributed by atoms with Gasteiger partial charge in [0.1, 0.15) is 17.7 Å². The Morgan fingerprint density at radius 1 is 0.974 bits per heavy atom. The number of para-hydroxylation sites is 1. The van der Waals surface area contributed by atoms with Crippen molar-refractivity contribution in [3.8, 4) is 5.69 Å². The van der Waals surface area contributed by atoms with Gasteiger partial charge in [-0.05, 0) is 62.7 Å². The minimum atomic E-state index is -0.886. The zero-order valence-electron chi connectivity index (χ0n) is 22.4. The third kappa shape index (κ3) is 4.96. The van der Waals surface area contributed by atoms with E-state index in [2.05, 4.69) is 5.32 Å². The van der Waals surface area contributed by atoms with Crippen LogP contribution in [0.15, 0.2) is 78.9 Å². The van der Waals surface area contributed by atoms with Crippen molar-refractivity contribution >= 4 is 17.6 Å². The second kappa shape index (κ2) is 11.4. The number of hydrogen-bond donors (Lipinski definition) is 1. The van der Waals surface area contributed by atoms with Gasteiger partial charge >= 0.3 is 0 Å². The number of halogens is 1. The van der Waals surface area contributed by atoms with Crippen molar-refractivity contribution in [3.05, 3.63) is 113 Å². The van der Waals surface area contributed by atoms with Gasteiger partial charge in [-0.15, -0.1) is 0 Å². The summed E-state index contributed by atoms with van der Waals surface area (Å²) < 4.78 is 15.6. The minimum absolute atomic E-state index is 0.239. The van der Waals surface area contributed by atoms with Crippen LogP contribution in [0.3, 0.4) is 0 Å². The van der Waals surface area contributed by atoms with E-state index in [9.17, 15) is 14.0 Å². The van der Waals surface area contributed by atoms with Crippen LogP contribution in [-0.4, -0.2) is 34.2 Å². The summed E-state index contributed by atoms with van der Waals surface area (Å²) in [7, 11) is 0. The normalized spacial score (nSPS) is 16.4. The fourth-order valence-electron chi connectivity index (χ4n) is 4.97. The highest BCUT2D eigenvalue weighted by atomic mass is 19.1. The number of carbonyl (C=O) groups is 2. The summed E-state index contributed by atoms with van der Waals surface area (Å²) in [5.74, 6) is -0.814. The monoisotopic (exact) mass is 512 g/mol. The number of aromatic nitrogens is 2. The first-order valence-corrected chi connectivity index (χ1v) is 13.0. The molecule has 196 valence electrons. The van der Waals surface area contributed by atoms with Gasteiger partial charge in [-0.25, -0.2) is 9.07 Å². The molecule has 0 spiro atoms. The van der Waals surface area contributed by atoms with Gasteiger partial charge in [-0.3, -0.25) is 14.5 Å². The second-order valence-corrected chi connectivity index (χ2v) is 9.00. The summed E-state index contributed by atoms with van der Waals surface area (Å²) in [4.78, 5) is 29.0. The lowest BCUT2D eigenvalue weighted by atomic mass is 9.81. The molecule has 2 atom stereocenters. The summed E-state index contributed by atoms with van der Waals surface area (Å²) >= 11 is 0. The molecule has 3 aromatic carbocycles. The zero-order valence-corrected chi connectivity index (χ0v) is 22.4. The molecule has 0 aliphatic carbocycles. The van der Waals surface area contributed by atoms with Crippen molar-refractivity contribution in [3.63, 3.8) is 0 Å². The van der Waals surface area contributed by atoms with Gasteiger partial charge < -0.3 is 5.32 Å². The Hall–Kier alpha value is -4.26. The average Bonchev–Trinajstić information content (AvgIpc) is 3.28. The number of nitrogens with one attached hydrogen (secondary N) is 1. The highest BCUT2D eigenvalue weighted by molar-refractivity contribution is 6.05. The van der Waals surface area contributed by atoms with E-state index in [1.165, 1.54) is 12.1 Å². The smallest absolute Gasteiger partial charge is 0.251 e. The molecular weight excluding hydrogens is 479 g/mol. The molecule has 0 saturated carbocycles. The quantitative estimate of drug-likeness (QED) is 0.359. The zero-order chi connectivity index (χ0) is 27.4. The summed E-state index contributed by atoms with van der Waals surface area (Å²) in [5, 5.41) is 7.80. The molecule has 6 nitrogen and oxygen atoms in total. The Morgan fingerprint density at radius 3 is 2.29 bits per heavy atom. The summed E-state index contributed by atoms with van der Waals surface area (Å²) in [6.07, 6.45) is 0. The molecular formula is C31H33FN4O2. The number of nitrogens with zero attached hydrogens (tertiary/aromatic N) is 3. The summed E-state index contributed by atoms with van der Waals surface area (Å²) in [6, 6.07) is 22.1. The maximum atomic E-state index is 14.0. The van der Waals surface area contributed by atoms with Gasteiger partial charge in [0.2, 0.25) is 0 Å². The van der Waals surface area contributed by atoms with Gasteiger partial charge in [0.15, 0.2) is 0 Å². The molecule has 38 heavy (non-hydrogen) atoms. The van der Waals surface area contributed by atoms with Crippen LogP contribution in [-0.2, 0) is 4.79 Å². The van der Waals surface area contributed by atoms with E-state index in [1.807, 2.05) is 77.1 Å². The molecule has 4 aromatic rings. The van der Waals surface area contributed by atoms with E-state index in [0.717, 1.165) is 28.1 Å². The molecule has 0 fully saturated rings. The first-order valence-electron chi connectivity index (χ1n) is 13.0. The Morgan fingerprint density at radius 2 is 1.66 bits per heavy atom. The summed E-state index contributed by atoms with van der Waals surface area (Å²) in [6.45, 7) is 10.1. The number of likely N-dealkylation sites (N-methyl/N-ethyl adjacent to an activating group) is 1. The second-order valence-electron chi connectivity index (χ2n) is 9.00. The van der Waals surface area contributed by atoms with Crippen LogP contribution in [0.1, 0.15) is 59.4 Å². The number of amides is 2. The lowest BCUT2D eigenvalue weighted by molar-refractivity contribution is -0.121. The first kappa shape index (κ1) is 26.8. The molecule has 0 radical (unpaired) electrons. The van der Waals surface area contributed by atoms with E-state index in [1.54, 1.807) is 33.8 Å². The maximum Gasteiger partial charge on any atom is 0.251 e. The van der Waals surface area contributed by atoms with Crippen molar-refractivity contribution in [1.29, 1.82) is 0 Å². The molecule has 2 amide bonds. The highest BCUT2D eigenvalue weighted by Gasteiger charge is 2.45. The Labute approximate surface area is 223 Å². The standard InChI is InChI=1S/C29H27FN4O2.C2H6/c1-4-33-28-24(19(3)32-34(28)23-11-6-5-7-12-23)25(20-13-15-22(30)16-14-20)26(29(33)36)31-27(35)21-10-8-9-18(2)17-21;1-2/h5-17,25-26H,4H2,1-3H3,(H,31,35);1-2H3. The molecule has 1 aliphatic rings. The molecule has 0 bridgehead atoms. The summed E-state index contributed by atoms with van der Waals surface area (Å²) in [5.41, 5.74) is 4.56. The average molecular weight is 513 g/mol. The van der Waals surface area contributed by atoms with Crippen molar-refractivity contribution in [2.75, 3.05) is 11.4 Å². The van der Waals surface area contributed by atoms with Gasteiger partial charge in [0.05, 0.1) is 11.4 Å². The van der Waals surface area contributed by atoms with Crippen LogP contribution in [0, 0.1) is 19.7 Å². The molecule has 1 N–H and O–H groups in total. The number of hydrogen-bond acceptors (Lipinski definition) is 3. The van der Waals surface area contributed by atoms with Crippen LogP contribution in [0.4, 0.5) is 10.2 Å². The predicted molar refractivity (Wildman–Crippen MR) is 148 cm³/mol. The van der Waals surface area contributed by atoms with E-state index < -0.39 is 12.0 Å². The Kier molecular flexibility index (Phi) is 8.05. The van der Waals surface area contributed by atoms with Crippen molar-refractivity contribution in [2.45, 2.75) is 46.6 Å². The minimum Gasteiger partial charge on any atom is -0.339 e. The van der Waals surface area contributed by atoms with Gasteiger partial charge in [-0.2, -0.15) is 5.10 Å². The third-order valence-corrected chi connectivity index (χ3v) is 6.63. The van der Waals surface area contributed by atoms with E-state index in [4.69, 9.17) is 5.10 Å². The van der Waals surface area contributed by atoms with Crippen LogP contribution < -0.4 is 10.2 Å². The van der Waals surface area contributed by atoms with Gasteiger partial charge in [0, 0.05) is 23.6 Å². The largest absolute Gasteiger partial charge is 0.339 e. The van der Waals surface area contributed by atoms with E-state index in [0.29, 0.717) is 17.9 Å². The predicted octanol–water partition coefficient (Wildman–Crippen LogP) is 5.95. The number of aryl methyl sites for hydroxylation is 2. The molecule has 7 heteroatoms. The van der Waals surface area contributed by atoms with Crippen LogP contribution in [0.5, 0.6) is 0 Å². The molecule has 1 aliphatic heterocycles. The molecule has 0 saturated heterocycles. The van der Waals surface area contributed by atoms with Crippen molar-refractivity contribution in [1.82, 2.24) is 15.1 Å². The van der Waals surface area contributed by atoms with Crippen molar-refractivity contribution < 1.29 is 14.0 Å². The number of anilines is 1. The van der Waals surface area contributed by atoms with Crippen LogP contribution >= 0.6 is 0 Å². The number of carbonyl (C=O) groups excluding carboxylic acids is 2. The highest BCUT2D eigenvalue weighted by Crippen LogP contribution is 2.43. The third-order valence-electron chi connectivity index (χ3n) is 6.63. The number of rotatable bonds is 5. The van der Waals surface area contributed by atoms with Gasteiger partial charge in [0.25, 0.3) is 11.8 Å². The van der Waals surface area contributed by atoms with Crippen LogP contribution in [0.2, 0.25) is 0 Å². The maximum absolute atomic E-state index is 14.0. The number of benzene rings is 3. The lowest BCUT2D eigenvalue weighted by Crippen LogP contribution is -2.55. The molecule has 2 unspecified atom stereocenters. The first-order chi connectivity index (χ1) is 18.4. The Balaban J connectivity index is 0.00000164. The van der Waals surface area contributed by atoms with Gasteiger partial charge in [-0.1, -0.05) is 61.9 Å². The van der Waals surface area contributed by atoms with Crippen molar-refractivity contribution in [2.24, 2.45) is 0 Å². The Bertz CT molecular complexity index is 1430. The molecule has 5 rings (SSSR count). The fourth-order valence-corrected chi connectivity index (χ4v) is 4.97. The lowest BCUT2D eigenvalue weighted by Gasteiger charge is -2.38. The molecule has 2 heterocycles. The molecule has 1 aromatic heterocycles.